The zero-order valence-corrected chi connectivity index (χ0v) is 26.8. The molecule has 3 amide bonds. The molecule has 6 heterocycles. The average molecular weight is 635 g/mol. The number of urea groups is 1. The Morgan fingerprint density at radius 2 is 1.83 bits per heavy atom. The van der Waals surface area contributed by atoms with Gasteiger partial charge in [0.05, 0.1) is 17.4 Å². The van der Waals surface area contributed by atoms with E-state index in [4.69, 9.17) is 4.74 Å². The number of ether oxygens (including phenoxy) is 1. The molecule has 3 aliphatic rings. The number of aromatic nitrogens is 3. The first-order chi connectivity index (χ1) is 22.7. The monoisotopic (exact) mass is 634 g/mol. The zero-order valence-electron chi connectivity index (χ0n) is 26.8. The van der Waals surface area contributed by atoms with E-state index in [9.17, 15) is 14.4 Å². The van der Waals surface area contributed by atoms with Crippen LogP contribution in [0.2, 0.25) is 0 Å². The number of hydrogen-bond donors (Lipinski definition) is 2. The number of nitrogens with zero attached hydrogens (tertiary/aromatic N) is 6. The van der Waals surface area contributed by atoms with Gasteiger partial charge >= 0.3 is 6.03 Å². The van der Waals surface area contributed by atoms with E-state index in [1.165, 1.54) is 0 Å². The summed E-state index contributed by atoms with van der Waals surface area (Å²) in [6, 6.07) is 10.4. The molecule has 2 N–H and O–H groups in total. The van der Waals surface area contributed by atoms with Gasteiger partial charge < -0.3 is 34.6 Å². The maximum absolute atomic E-state index is 13.5. The van der Waals surface area contributed by atoms with E-state index < -0.39 is 6.03 Å². The minimum Gasteiger partial charge on any atom is -0.452 e. The lowest BCUT2D eigenvalue weighted by Crippen LogP contribution is -2.43. The van der Waals surface area contributed by atoms with Crippen LogP contribution in [-0.4, -0.2) is 88.4 Å². The van der Waals surface area contributed by atoms with Crippen LogP contribution < -0.4 is 20.3 Å². The lowest BCUT2D eigenvalue weighted by atomic mass is 9.94. The first-order valence-corrected chi connectivity index (χ1v) is 16.0. The summed E-state index contributed by atoms with van der Waals surface area (Å²) in [6.07, 6.45) is 11.3. The summed E-state index contributed by atoms with van der Waals surface area (Å²) >= 11 is 0. The molecule has 12 nitrogen and oxygen atoms in total. The molecule has 12 heteroatoms. The third-order valence-electron chi connectivity index (χ3n) is 9.39. The summed E-state index contributed by atoms with van der Waals surface area (Å²) in [5.74, 6) is 0.676. The Bertz CT molecular complexity index is 1880. The van der Waals surface area contributed by atoms with Gasteiger partial charge in [0, 0.05) is 86.1 Å². The number of benzene rings is 1. The van der Waals surface area contributed by atoms with Gasteiger partial charge in [-0.05, 0) is 75.8 Å². The highest BCUT2D eigenvalue weighted by Gasteiger charge is 2.34. The normalized spacial score (nSPS) is 19.0. The van der Waals surface area contributed by atoms with E-state index >= 15 is 0 Å². The van der Waals surface area contributed by atoms with Crippen LogP contribution in [0.3, 0.4) is 0 Å². The highest BCUT2D eigenvalue weighted by molar-refractivity contribution is 6.16. The number of piperidine rings is 1. The smallest absolute Gasteiger partial charge is 0.323 e. The Morgan fingerprint density at radius 3 is 2.57 bits per heavy atom. The molecule has 0 bridgehead atoms. The molecule has 2 fully saturated rings. The number of likely N-dealkylation sites (N-methyl/N-ethyl adjacent to an activating group) is 1. The van der Waals surface area contributed by atoms with E-state index in [1.807, 2.05) is 35.0 Å². The predicted molar refractivity (Wildman–Crippen MR) is 181 cm³/mol. The number of ketones is 1. The minimum atomic E-state index is -0.446. The molecule has 0 aliphatic carbocycles. The molecule has 0 saturated carbocycles. The van der Waals surface area contributed by atoms with Crippen molar-refractivity contribution in [2.24, 2.45) is 13.0 Å². The van der Waals surface area contributed by atoms with Gasteiger partial charge in [0.2, 0.25) is 11.7 Å². The van der Waals surface area contributed by atoms with Crippen molar-refractivity contribution >= 4 is 51.9 Å². The second-order valence-corrected chi connectivity index (χ2v) is 12.6. The van der Waals surface area contributed by atoms with Gasteiger partial charge in [0.15, 0.2) is 5.76 Å². The Balaban J connectivity index is 1.07. The quantitative estimate of drug-likeness (QED) is 0.295. The zero-order chi connectivity index (χ0) is 32.7. The van der Waals surface area contributed by atoms with Gasteiger partial charge in [-0.25, -0.2) is 9.78 Å². The third kappa shape index (κ3) is 6.03. The van der Waals surface area contributed by atoms with Gasteiger partial charge in [-0.15, -0.1) is 0 Å². The molecule has 7 rings (SSSR count). The highest BCUT2D eigenvalue weighted by atomic mass is 16.5. The molecule has 1 atom stereocenters. The number of Topliss-reactive ketones (excluding diaryl/α,β-unsaturated/α-hetero) is 1. The minimum absolute atomic E-state index is 0.0330. The van der Waals surface area contributed by atoms with Gasteiger partial charge in [-0.1, -0.05) is 0 Å². The Labute approximate surface area is 273 Å². The van der Waals surface area contributed by atoms with Crippen LogP contribution in [0.25, 0.3) is 17.1 Å². The number of pyridine rings is 2. The van der Waals surface area contributed by atoms with Crippen LogP contribution in [0.15, 0.2) is 66.9 Å². The molecular formula is C35H38N8O4. The fourth-order valence-electron chi connectivity index (χ4n) is 6.82. The second-order valence-electron chi connectivity index (χ2n) is 12.6. The SMILES string of the molecule is CN(C)C1CCN(C(=O)C2CCN(c3ccnc4c3c(/C=C3\Oc5ccc(NC(=O)Nc6cccnc6)cc5C3=O)cn4C)CC2)C1. The predicted octanol–water partition coefficient (Wildman–Crippen LogP) is 4.61. The van der Waals surface area contributed by atoms with E-state index in [2.05, 4.69) is 44.5 Å². The van der Waals surface area contributed by atoms with Crippen molar-refractivity contribution in [2.45, 2.75) is 25.3 Å². The number of carbonyl (C=O) groups is 3. The van der Waals surface area contributed by atoms with Crippen molar-refractivity contribution < 1.29 is 19.1 Å². The van der Waals surface area contributed by atoms with Crippen LogP contribution in [0, 0.1) is 5.92 Å². The van der Waals surface area contributed by atoms with Gasteiger partial charge in [-0.3, -0.25) is 14.6 Å². The highest BCUT2D eigenvalue weighted by Crippen LogP contribution is 2.37. The van der Waals surface area contributed by atoms with E-state index in [0.29, 0.717) is 28.7 Å². The maximum atomic E-state index is 13.5. The van der Waals surface area contributed by atoms with Crippen LogP contribution >= 0.6 is 0 Å². The number of aryl methyl sites for hydroxylation is 1. The van der Waals surface area contributed by atoms with Crippen LogP contribution in [0.4, 0.5) is 21.9 Å². The number of carbonyl (C=O) groups excluding carboxylic acids is 3. The van der Waals surface area contributed by atoms with Crippen molar-refractivity contribution in [1.29, 1.82) is 0 Å². The molecule has 0 radical (unpaired) electrons. The lowest BCUT2D eigenvalue weighted by molar-refractivity contribution is -0.135. The first kappa shape index (κ1) is 30.4. The largest absolute Gasteiger partial charge is 0.452 e. The van der Waals surface area contributed by atoms with E-state index in [0.717, 1.165) is 67.7 Å². The summed E-state index contributed by atoms with van der Waals surface area (Å²) in [6.45, 7) is 3.16. The standard InChI is InChI=1S/C35H38N8O4/c1-40(2)26-11-16-43(21-26)34(45)22-9-14-42(15-10-22)28-8-13-37-33-31(28)23(20-41(33)3)17-30-32(44)27-18-24(6-7-29(27)47-30)38-35(46)39-25-5-4-12-36-19-25/h4-8,12-13,17-20,22,26H,9-11,14-16,21H2,1-3H3,(H2,38,39,46)/b30-17-. The summed E-state index contributed by atoms with van der Waals surface area (Å²) in [5, 5.41) is 6.41. The molecule has 1 aromatic carbocycles. The first-order valence-electron chi connectivity index (χ1n) is 16.0. The number of amides is 3. The second kappa shape index (κ2) is 12.5. The molecule has 0 spiro atoms. The summed E-state index contributed by atoms with van der Waals surface area (Å²) in [4.78, 5) is 54.6. The molecule has 1 unspecified atom stereocenters. The Hall–Kier alpha value is -5.23. The Morgan fingerprint density at radius 1 is 1.02 bits per heavy atom. The number of hydrogen-bond acceptors (Lipinski definition) is 8. The van der Waals surface area contributed by atoms with Gasteiger partial charge in [-0.2, -0.15) is 0 Å². The topological polar surface area (TPSA) is 125 Å². The van der Waals surface area contributed by atoms with Crippen molar-refractivity contribution in [3.8, 4) is 5.75 Å². The van der Waals surface area contributed by atoms with Crippen molar-refractivity contribution in [2.75, 3.05) is 55.8 Å². The summed E-state index contributed by atoms with van der Waals surface area (Å²) in [5.41, 5.74) is 4.03. The lowest BCUT2D eigenvalue weighted by Gasteiger charge is -2.35. The number of rotatable bonds is 6. The van der Waals surface area contributed by atoms with Gasteiger partial charge in [0.25, 0.3) is 0 Å². The van der Waals surface area contributed by atoms with Crippen LogP contribution in [0.5, 0.6) is 5.75 Å². The maximum Gasteiger partial charge on any atom is 0.323 e. The fourth-order valence-corrected chi connectivity index (χ4v) is 6.82. The van der Waals surface area contributed by atoms with E-state index in [1.54, 1.807) is 48.8 Å². The summed E-state index contributed by atoms with van der Waals surface area (Å²) < 4.78 is 7.97. The fraction of sp³-hybridized carbons (Fsp3) is 0.343. The van der Waals surface area contributed by atoms with Gasteiger partial charge in [0.1, 0.15) is 11.4 Å². The van der Waals surface area contributed by atoms with Crippen LogP contribution in [-0.2, 0) is 11.8 Å². The molecule has 3 aromatic heterocycles. The number of fused-ring (bicyclic) bond motifs is 2. The molecule has 3 aliphatic heterocycles. The average Bonchev–Trinajstić information content (AvgIpc) is 3.78. The Kier molecular flexibility index (Phi) is 8.10. The molecule has 2 saturated heterocycles. The van der Waals surface area contributed by atoms with Crippen molar-refractivity contribution in [1.82, 2.24) is 24.3 Å². The number of nitrogens with one attached hydrogen (secondary N) is 2. The van der Waals surface area contributed by atoms with E-state index in [-0.39, 0.29) is 23.4 Å². The van der Waals surface area contributed by atoms with Crippen LogP contribution in [0.1, 0.15) is 35.2 Å². The number of allylic oxidation sites excluding steroid dienone is 1. The molecular weight excluding hydrogens is 596 g/mol. The number of likely N-dealkylation sites (tertiary alicyclic amines) is 1. The molecule has 242 valence electrons. The third-order valence-corrected chi connectivity index (χ3v) is 9.39. The van der Waals surface area contributed by atoms with Crippen molar-refractivity contribution in [3.63, 3.8) is 0 Å². The number of anilines is 3. The van der Waals surface area contributed by atoms with Crippen molar-refractivity contribution in [3.05, 3.63) is 78.1 Å². The molecule has 4 aromatic rings. The summed E-state index contributed by atoms with van der Waals surface area (Å²) in [7, 11) is 6.09. The molecule has 47 heavy (non-hydrogen) atoms.